The predicted octanol–water partition coefficient (Wildman–Crippen LogP) is 2.22. The zero-order chi connectivity index (χ0) is 13.2. The van der Waals surface area contributed by atoms with Crippen LogP contribution in [0.3, 0.4) is 0 Å². The molecule has 0 aromatic heterocycles. The van der Waals surface area contributed by atoms with E-state index in [1.54, 1.807) is 0 Å². The van der Waals surface area contributed by atoms with Crippen LogP contribution < -0.4 is 5.32 Å². The molecule has 1 aromatic rings. The molecule has 1 heterocycles. The number of alkyl halides is 3. The largest absolute Gasteiger partial charge is 0.416 e. The Labute approximate surface area is 104 Å². The lowest BCUT2D eigenvalue weighted by Crippen LogP contribution is -2.24. The van der Waals surface area contributed by atoms with Crippen LogP contribution in [-0.4, -0.2) is 24.3 Å². The van der Waals surface area contributed by atoms with Gasteiger partial charge < -0.3 is 10.4 Å². The van der Waals surface area contributed by atoms with Crippen molar-refractivity contribution in [2.24, 2.45) is 5.92 Å². The minimum Gasteiger partial charge on any atom is -0.395 e. The van der Waals surface area contributed by atoms with Gasteiger partial charge in [-0.25, -0.2) is 0 Å². The Hall–Kier alpha value is -1.07. The van der Waals surface area contributed by atoms with Gasteiger partial charge in [-0.3, -0.25) is 0 Å². The second-order valence-corrected chi connectivity index (χ2v) is 4.79. The Morgan fingerprint density at radius 2 is 1.89 bits per heavy atom. The van der Waals surface area contributed by atoms with Crippen LogP contribution in [0, 0.1) is 5.92 Å². The average molecular weight is 259 g/mol. The maximum absolute atomic E-state index is 12.4. The summed E-state index contributed by atoms with van der Waals surface area (Å²) in [6.45, 7) is 0.926. The molecule has 0 amide bonds. The Morgan fingerprint density at radius 1 is 1.22 bits per heavy atom. The highest BCUT2D eigenvalue weighted by atomic mass is 19.4. The fourth-order valence-corrected chi connectivity index (χ4v) is 2.36. The van der Waals surface area contributed by atoms with Crippen molar-refractivity contribution in [3.63, 3.8) is 0 Å². The molecular formula is C13H16F3NO. The summed E-state index contributed by atoms with van der Waals surface area (Å²) >= 11 is 0. The fourth-order valence-electron chi connectivity index (χ4n) is 2.36. The molecule has 2 nitrogen and oxygen atoms in total. The van der Waals surface area contributed by atoms with Crippen LogP contribution in [0.25, 0.3) is 0 Å². The lowest BCUT2D eigenvalue weighted by molar-refractivity contribution is -0.137. The first kappa shape index (κ1) is 13.4. The van der Waals surface area contributed by atoms with E-state index in [9.17, 15) is 13.2 Å². The molecule has 0 saturated carbocycles. The lowest BCUT2D eigenvalue weighted by atomic mass is 9.96. The molecule has 0 bridgehead atoms. The molecule has 1 fully saturated rings. The van der Waals surface area contributed by atoms with Crippen LogP contribution >= 0.6 is 0 Å². The molecule has 2 atom stereocenters. The van der Waals surface area contributed by atoms with Crippen LogP contribution in [0.4, 0.5) is 13.2 Å². The van der Waals surface area contributed by atoms with E-state index in [-0.39, 0.29) is 12.6 Å². The number of aliphatic hydroxyl groups is 1. The number of hydrogen-bond acceptors (Lipinski definition) is 2. The van der Waals surface area contributed by atoms with E-state index in [4.69, 9.17) is 5.11 Å². The van der Waals surface area contributed by atoms with Gasteiger partial charge in [0.1, 0.15) is 0 Å². The standard InChI is InChI=1S/C13H16F3NO/c14-13(15,16)11-3-1-9(2-4-11)5-10-6-12(8-18)17-7-10/h1-4,10,12,17-18H,5-8H2. The van der Waals surface area contributed by atoms with E-state index in [1.165, 1.54) is 12.1 Å². The molecule has 100 valence electrons. The molecular weight excluding hydrogens is 243 g/mol. The van der Waals surface area contributed by atoms with Crippen molar-refractivity contribution in [3.05, 3.63) is 35.4 Å². The van der Waals surface area contributed by atoms with Gasteiger partial charge in [-0.2, -0.15) is 13.2 Å². The van der Waals surface area contributed by atoms with Crippen LogP contribution in [0.5, 0.6) is 0 Å². The van der Waals surface area contributed by atoms with Gasteiger partial charge in [0.05, 0.1) is 12.2 Å². The number of nitrogens with one attached hydrogen (secondary N) is 1. The molecule has 18 heavy (non-hydrogen) atoms. The summed E-state index contributed by atoms with van der Waals surface area (Å²) in [5, 5.41) is 12.2. The van der Waals surface area contributed by atoms with Crippen molar-refractivity contribution in [2.75, 3.05) is 13.2 Å². The van der Waals surface area contributed by atoms with Gasteiger partial charge in [-0.1, -0.05) is 12.1 Å². The van der Waals surface area contributed by atoms with Crippen molar-refractivity contribution < 1.29 is 18.3 Å². The van der Waals surface area contributed by atoms with Gasteiger partial charge in [0, 0.05) is 6.04 Å². The van der Waals surface area contributed by atoms with Crippen molar-refractivity contribution in [1.29, 1.82) is 0 Å². The summed E-state index contributed by atoms with van der Waals surface area (Å²) in [6, 6.07) is 5.46. The van der Waals surface area contributed by atoms with E-state index in [0.29, 0.717) is 5.92 Å². The van der Waals surface area contributed by atoms with Gasteiger partial charge in [0.15, 0.2) is 0 Å². The topological polar surface area (TPSA) is 32.3 Å². The summed E-state index contributed by atoms with van der Waals surface area (Å²) in [6.07, 6.45) is -2.64. The normalized spacial score (nSPS) is 24.4. The second-order valence-electron chi connectivity index (χ2n) is 4.79. The first-order chi connectivity index (χ1) is 8.49. The molecule has 2 unspecified atom stereocenters. The number of rotatable bonds is 3. The van der Waals surface area contributed by atoms with E-state index in [2.05, 4.69) is 5.32 Å². The Bertz CT molecular complexity index is 388. The van der Waals surface area contributed by atoms with Crippen LogP contribution in [0.2, 0.25) is 0 Å². The summed E-state index contributed by atoms with van der Waals surface area (Å²) in [5.41, 5.74) is 0.303. The Kier molecular flexibility index (Phi) is 3.92. The third kappa shape index (κ3) is 3.23. The minimum absolute atomic E-state index is 0.115. The van der Waals surface area contributed by atoms with E-state index >= 15 is 0 Å². The molecule has 2 rings (SSSR count). The van der Waals surface area contributed by atoms with E-state index in [0.717, 1.165) is 37.1 Å². The third-order valence-corrected chi connectivity index (χ3v) is 3.34. The van der Waals surface area contributed by atoms with Gasteiger partial charge in [-0.05, 0) is 43.0 Å². The van der Waals surface area contributed by atoms with Crippen molar-refractivity contribution in [2.45, 2.75) is 25.1 Å². The van der Waals surface area contributed by atoms with Gasteiger partial charge in [0.2, 0.25) is 0 Å². The predicted molar refractivity (Wildman–Crippen MR) is 62.1 cm³/mol. The van der Waals surface area contributed by atoms with Gasteiger partial charge in [0.25, 0.3) is 0 Å². The van der Waals surface area contributed by atoms with Gasteiger partial charge >= 0.3 is 6.18 Å². The molecule has 1 saturated heterocycles. The highest BCUT2D eigenvalue weighted by Crippen LogP contribution is 2.29. The smallest absolute Gasteiger partial charge is 0.395 e. The van der Waals surface area contributed by atoms with Crippen molar-refractivity contribution >= 4 is 0 Å². The van der Waals surface area contributed by atoms with E-state index < -0.39 is 11.7 Å². The van der Waals surface area contributed by atoms with Crippen molar-refractivity contribution in [3.8, 4) is 0 Å². The third-order valence-electron chi connectivity index (χ3n) is 3.34. The molecule has 1 aliphatic heterocycles. The highest BCUT2D eigenvalue weighted by molar-refractivity contribution is 5.25. The van der Waals surface area contributed by atoms with Crippen LogP contribution in [0.1, 0.15) is 17.5 Å². The maximum atomic E-state index is 12.4. The summed E-state index contributed by atoms with van der Waals surface area (Å²) < 4.78 is 37.2. The monoisotopic (exact) mass is 259 g/mol. The van der Waals surface area contributed by atoms with Gasteiger partial charge in [-0.15, -0.1) is 0 Å². The summed E-state index contributed by atoms with van der Waals surface area (Å²) in [4.78, 5) is 0. The quantitative estimate of drug-likeness (QED) is 0.872. The lowest BCUT2D eigenvalue weighted by Gasteiger charge is -2.11. The summed E-state index contributed by atoms with van der Waals surface area (Å²) in [5.74, 6) is 0.388. The molecule has 1 aromatic carbocycles. The molecule has 2 N–H and O–H groups in total. The zero-order valence-corrected chi connectivity index (χ0v) is 9.87. The Balaban J connectivity index is 1.95. The maximum Gasteiger partial charge on any atom is 0.416 e. The number of hydrogen-bond donors (Lipinski definition) is 2. The highest BCUT2D eigenvalue weighted by Gasteiger charge is 2.30. The average Bonchev–Trinajstić information content (AvgIpc) is 2.76. The number of halogens is 3. The summed E-state index contributed by atoms with van der Waals surface area (Å²) in [7, 11) is 0. The molecule has 0 aliphatic carbocycles. The fraction of sp³-hybridized carbons (Fsp3) is 0.538. The molecule has 0 radical (unpaired) electrons. The Morgan fingerprint density at radius 3 is 2.39 bits per heavy atom. The van der Waals surface area contributed by atoms with Crippen molar-refractivity contribution in [1.82, 2.24) is 5.32 Å². The van der Waals surface area contributed by atoms with Crippen LogP contribution in [0.15, 0.2) is 24.3 Å². The zero-order valence-electron chi connectivity index (χ0n) is 9.87. The number of aliphatic hydroxyl groups excluding tert-OH is 1. The first-order valence-corrected chi connectivity index (χ1v) is 5.99. The van der Waals surface area contributed by atoms with E-state index in [1.807, 2.05) is 0 Å². The molecule has 1 aliphatic rings. The second kappa shape index (κ2) is 5.28. The van der Waals surface area contributed by atoms with Crippen LogP contribution in [-0.2, 0) is 12.6 Å². The molecule has 0 spiro atoms. The number of benzene rings is 1. The molecule has 5 heteroatoms. The first-order valence-electron chi connectivity index (χ1n) is 5.99. The SMILES string of the molecule is OCC1CC(Cc2ccc(C(F)(F)F)cc2)CN1. The minimum atomic E-state index is -4.27.